The van der Waals surface area contributed by atoms with Crippen LogP contribution < -0.4 is 19.9 Å². The molecule has 3 heterocycles. The fourth-order valence-electron chi connectivity index (χ4n) is 3.68. The van der Waals surface area contributed by atoms with Crippen LogP contribution in [0.5, 0.6) is 11.5 Å². The van der Waals surface area contributed by atoms with Crippen LogP contribution in [0.25, 0.3) is 0 Å². The van der Waals surface area contributed by atoms with Crippen molar-refractivity contribution < 1.29 is 14.3 Å². The maximum absolute atomic E-state index is 12.9. The highest BCUT2D eigenvalue weighted by Gasteiger charge is 2.32. The number of anilines is 1. The zero-order valence-corrected chi connectivity index (χ0v) is 15.2. The van der Waals surface area contributed by atoms with Crippen molar-refractivity contribution in [3.8, 4) is 11.5 Å². The van der Waals surface area contributed by atoms with Crippen LogP contribution in [0.15, 0.2) is 35.4 Å². The number of carbonyl (C=O) groups is 1. The third-order valence-corrected chi connectivity index (χ3v) is 5.10. The molecule has 1 fully saturated rings. The van der Waals surface area contributed by atoms with Crippen LogP contribution in [0.1, 0.15) is 5.56 Å². The number of nitrogens with zero attached hydrogens (tertiary/aromatic N) is 3. The second kappa shape index (κ2) is 7.30. The predicted molar refractivity (Wildman–Crippen MR) is 99.3 cm³/mol. The minimum absolute atomic E-state index is 0.0954. The number of nitrogens with one attached hydrogen (secondary N) is 1. The van der Waals surface area contributed by atoms with E-state index in [1.165, 1.54) is 6.20 Å². The van der Waals surface area contributed by atoms with Crippen molar-refractivity contribution in [3.63, 3.8) is 0 Å². The number of para-hydroxylation sites is 1. The maximum atomic E-state index is 12.9. The van der Waals surface area contributed by atoms with E-state index in [0.717, 1.165) is 11.3 Å². The van der Waals surface area contributed by atoms with Gasteiger partial charge < -0.3 is 24.3 Å². The Morgan fingerprint density at radius 1 is 1.30 bits per heavy atom. The van der Waals surface area contributed by atoms with Gasteiger partial charge >= 0.3 is 0 Å². The summed E-state index contributed by atoms with van der Waals surface area (Å²) in [5.74, 6) is 1.75. The standard InChI is InChI=1S/C19H22N4O4/c1-26-15-4-2-3-13-11-14(12-27-16(13)15)19(25)23-9-7-22(8-10-23)17-18(24)21-6-5-20-17/h2-6,14H,7-12H2,1H3,(H,21,24)/t14-/m0/s1. The van der Waals surface area contributed by atoms with Gasteiger partial charge in [-0.25, -0.2) is 4.98 Å². The first-order chi connectivity index (χ1) is 13.2. The van der Waals surface area contributed by atoms with Crippen LogP contribution in [0, 0.1) is 5.92 Å². The third kappa shape index (κ3) is 3.34. The Hall–Kier alpha value is -3.03. The molecular weight excluding hydrogens is 348 g/mol. The van der Waals surface area contributed by atoms with Gasteiger partial charge in [0, 0.05) is 38.6 Å². The monoisotopic (exact) mass is 370 g/mol. The Morgan fingerprint density at radius 2 is 2.11 bits per heavy atom. The number of hydrogen-bond donors (Lipinski definition) is 1. The molecule has 0 radical (unpaired) electrons. The van der Waals surface area contributed by atoms with E-state index in [2.05, 4.69) is 9.97 Å². The second-order valence-electron chi connectivity index (χ2n) is 6.71. The van der Waals surface area contributed by atoms with Crippen LogP contribution in [0.4, 0.5) is 5.82 Å². The van der Waals surface area contributed by atoms with Crippen molar-refractivity contribution in [1.29, 1.82) is 0 Å². The normalized spacial score (nSPS) is 19.2. The van der Waals surface area contributed by atoms with Crippen LogP contribution in [-0.2, 0) is 11.2 Å². The number of carbonyl (C=O) groups excluding carboxylic acids is 1. The summed E-state index contributed by atoms with van der Waals surface area (Å²) < 4.78 is 11.2. The van der Waals surface area contributed by atoms with Gasteiger partial charge in [-0.05, 0) is 18.1 Å². The lowest BCUT2D eigenvalue weighted by molar-refractivity contribution is -0.137. The number of ether oxygens (including phenoxy) is 2. The molecule has 1 atom stereocenters. The average Bonchev–Trinajstić information content (AvgIpc) is 2.73. The Labute approximate surface area is 156 Å². The Kier molecular flexibility index (Phi) is 4.70. The first-order valence-electron chi connectivity index (χ1n) is 9.03. The molecule has 0 bridgehead atoms. The van der Waals surface area contributed by atoms with E-state index in [1.807, 2.05) is 28.0 Å². The Bertz CT molecular complexity index is 889. The summed E-state index contributed by atoms with van der Waals surface area (Å²) in [5, 5.41) is 0. The van der Waals surface area contributed by atoms with E-state index >= 15 is 0 Å². The number of hydrogen-bond acceptors (Lipinski definition) is 6. The minimum Gasteiger partial charge on any atom is -0.493 e. The number of rotatable bonds is 3. The van der Waals surface area contributed by atoms with E-state index in [9.17, 15) is 9.59 Å². The van der Waals surface area contributed by atoms with Crippen molar-refractivity contribution in [2.24, 2.45) is 5.92 Å². The van der Waals surface area contributed by atoms with E-state index < -0.39 is 0 Å². The summed E-state index contributed by atoms with van der Waals surface area (Å²) in [7, 11) is 1.61. The number of piperazine rings is 1. The average molecular weight is 370 g/mol. The van der Waals surface area contributed by atoms with Gasteiger partial charge in [-0.2, -0.15) is 0 Å². The number of amides is 1. The smallest absolute Gasteiger partial charge is 0.290 e. The molecule has 1 amide bonds. The SMILES string of the molecule is COc1cccc2c1OC[C@@H](C(=O)N1CCN(c3ncc[nH]c3=O)CC1)C2. The lowest BCUT2D eigenvalue weighted by Gasteiger charge is -2.37. The molecular formula is C19H22N4O4. The molecule has 0 saturated carbocycles. The van der Waals surface area contributed by atoms with Crippen molar-refractivity contribution in [1.82, 2.24) is 14.9 Å². The molecule has 0 spiro atoms. The van der Waals surface area contributed by atoms with Crippen molar-refractivity contribution in [3.05, 3.63) is 46.5 Å². The van der Waals surface area contributed by atoms with Crippen molar-refractivity contribution in [2.45, 2.75) is 6.42 Å². The Morgan fingerprint density at radius 3 is 2.85 bits per heavy atom. The van der Waals surface area contributed by atoms with Gasteiger partial charge in [0.05, 0.1) is 13.0 Å². The molecule has 2 aliphatic rings. The van der Waals surface area contributed by atoms with Gasteiger partial charge in [-0.1, -0.05) is 12.1 Å². The fraction of sp³-hybridized carbons (Fsp3) is 0.421. The predicted octanol–water partition coefficient (Wildman–Crippen LogP) is 0.678. The van der Waals surface area contributed by atoms with E-state index in [1.54, 1.807) is 13.3 Å². The van der Waals surface area contributed by atoms with Crippen LogP contribution in [0.2, 0.25) is 0 Å². The largest absolute Gasteiger partial charge is 0.493 e. The number of aromatic nitrogens is 2. The second-order valence-corrected chi connectivity index (χ2v) is 6.71. The summed E-state index contributed by atoms with van der Waals surface area (Å²) in [6.07, 6.45) is 3.73. The summed E-state index contributed by atoms with van der Waals surface area (Å²) in [6, 6.07) is 5.75. The Balaban J connectivity index is 1.40. The van der Waals surface area contributed by atoms with Gasteiger partial charge in [0.25, 0.3) is 5.56 Å². The minimum atomic E-state index is -0.205. The summed E-state index contributed by atoms with van der Waals surface area (Å²) in [5.41, 5.74) is 0.793. The first-order valence-corrected chi connectivity index (χ1v) is 9.03. The number of benzene rings is 1. The maximum Gasteiger partial charge on any atom is 0.290 e. The van der Waals surface area contributed by atoms with E-state index in [-0.39, 0.29) is 17.4 Å². The van der Waals surface area contributed by atoms with Crippen molar-refractivity contribution in [2.75, 3.05) is 44.8 Å². The molecule has 0 unspecified atom stereocenters. The zero-order chi connectivity index (χ0) is 18.8. The molecule has 142 valence electrons. The number of methoxy groups -OCH3 is 1. The number of H-pyrrole nitrogens is 1. The third-order valence-electron chi connectivity index (χ3n) is 5.10. The molecule has 2 aromatic rings. The molecule has 8 nitrogen and oxygen atoms in total. The van der Waals surface area contributed by atoms with Crippen LogP contribution >= 0.6 is 0 Å². The molecule has 27 heavy (non-hydrogen) atoms. The molecule has 1 aromatic carbocycles. The molecule has 2 aliphatic heterocycles. The molecule has 1 N–H and O–H groups in total. The van der Waals surface area contributed by atoms with Gasteiger partial charge in [0.2, 0.25) is 5.91 Å². The highest BCUT2D eigenvalue weighted by Crippen LogP contribution is 2.36. The van der Waals surface area contributed by atoms with E-state index in [4.69, 9.17) is 9.47 Å². The molecule has 4 rings (SSSR count). The summed E-state index contributed by atoms with van der Waals surface area (Å²) in [4.78, 5) is 35.4. The summed E-state index contributed by atoms with van der Waals surface area (Å²) in [6.45, 7) is 2.66. The van der Waals surface area contributed by atoms with E-state index in [0.29, 0.717) is 50.8 Å². The number of aromatic amines is 1. The molecule has 8 heteroatoms. The topological polar surface area (TPSA) is 87.8 Å². The quantitative estimate of drug-likeness (QED) is 0.855. The highest BCUT2D eigenvalue weighted by atomic mass is 16.5. The number of fused-ring (bicyclic) bond motifs is 1. The van der Waals surface area contributed by atoms with Gasteiger partial charge in [-0.3, -0.25) is 9.59 Å². The molecule has 1 aromatic heterocycles. The molecule has 0 aliphatic carbocycles. The molecule has 1 saturated heterocycles. The lowest BCUT2D eigenvalue weighted by Crippen LogP contribution is -2.52. The first kappa shape index (κ1) is 17.4. The van der Waals surface area contributed by atoms with Gasteiger partial charge in [-0.15, -0.1) is 0 Å². The lowest BCUT2D eigenvalue weighted by atomic mass is 9.95. The highest BCUT2D eigenvalue weighted by molar-refractivity contribution is 5.80. The van der Waals surface area contributed by atoms with Crippen LogP contribution in [-0.4, -0.2) is 60.7 Å². The van der Waals surface area contributed by atoms with Gasteiger partial charge in [0.15, 0.2) is 17.3 Å². The van der Waals surface area contributed by atoms with Crippen molar-refractivity contribution >= 4 is 11.7 Å². The zero-order valence-electron chi connectivity index (χ0n) is 15.2. The fourth-order valence-corrected chi connectivity index (χ4v) is 3.68. The van der Waals surface area contributed by atoms with Crippen LogP contribution in [0.3, 0.4) is 0 Å². The summed E-state index contributed by atoms with van der Waals surface area (Å²) >= 11 is 0. The van der Waals surface area contributed by atoms with Gasteiger partial charge in [0.1, 0.15) is 6.61 Å².